The van der Waals surface area contributed by atoms with Gasteiger partial charge in [-0.25, -0.2) is 0 Å². The van der Waals surface area contributed by atoms with Crippen LogP contribution in [0.15, 0.2) is 0 Å². The first kappa shape index (κ1) is 12.3. The molecule has 2 atom stereocenters. The van der Waals surface area contributed by atoms with E-state index >= 15 is 0 Å². The zero-order valence-electron chi connectivity index (χ0n) is 8.79. The molecule has 0 bridgehead atoms. The molecular formula is C10H18O3. The Kier molecular flexibility index (Phi) is 7.47. The average Bonchev–Trinajstić information content (AvgIpc) is 2.12. The summed E-state index contributed by atoms with van der Waals surface area (Å²) in [5.74, 6) is 2.66. The normalized spacial score (nSPS) is 14.2. The van der Waals surface area contributed by atoms with Gasteiger partial charge in [0.2, 0.25) is 0 Å². The van der Waals surface area contributed by atoms with Gasteiger partial charge in [-0.3, -0.25) is 0 Å². The van der Waals surface area contributed by atoms with E-state index in [9.17, 15) is 0 Å². The van der Waals surface area contributed by atoms with E-state index in [-0.39, 0.29) is 12.2 Å². The van der Waals surface area contributed by atoms with Crippen LogP contribution in [-0.2, 0) is 14.2 Å². The summed E-state index contributed by atoms with van der Waals surface area (Å²) in [5, 5.41) is 0. The van der Waals surface area contributed by atoms with Crippen molar-refractivity contribution >= 4 is 0 Å². The van der Waals surface area contributed by atoms with E-state index in [4.69, 9.17) is 14.2 Å². The van der Waals surface area contributed by atoms with Gasteiger partial charge in [-0.05, 0) is 13.8 Å². The smallest absolute Gasteiger partial charge is 0.131 e. The molecule has 13 heavy (non-hydrogen) atoms. The largest absolute Gasteiger partial charge is 0.441 e. The first-order valence-corrected chi connectivity index (χ1v) is 4.38. The molecule has 2 unspecified atom stereocenters. The molecule has 0 amide bonds. The Balaban J connectivity index is 3.43. The molecule has 0 aromatic carbocycles. The van der Waals surface area contributed by atoms with E-state index < -0.39 is 0 Å². The summed E-state index contributed by atoms with van der Waals surface area (Å²) in [4.78, 5) is 0. The van der Waals surface area contributed by atoms with Crippen LogP contribution in [-0.4, -0.2) is 32.5 Å². The van der Waals surface area contributed by atoms with Gasteiger partial charge in [0.05, 0.1) is 19.3 Å². The fraction of sp³-hybridized carbons (Fsp3) is 0.800. The van der Waals surface area contributed by atoms with Crippen molar-refractivity contribution in [3.8, 4) is 12.0 Å². The number of rotatable bonds is 6. The standard InChI is InChI=1S/C10H18O3/c1-5-6-12-10(3)8-13-9(2)7-11-4/h9-10H,7-8H2,1-4H3. The molecule has 0 aliphatic heterocycles. The molecule has 0 rings (SSSR count). The van der Waals surface area contributed by atoms with Crippen LogP contribution in [0.2, 0.25) is 0 Å². The van der Waals surface area contributed by atoms with E-state index in [1.54, 1.807) is 14.0 Å². The Morgan fingerprint density at radius 3 is 2.38 bits per heavy atom. The Hall–Kier alpha value is -0.720. The molecule has 0 aromatic rings. The summed E-state index contributed by atoms with van der Waals surface area (Å²) in [5.41, 5.74) is 0. The predicted octanol–water partition coefficient (Wildman–Crippen LogP) is 1.42. The van der Waals surface area contributed by atoms with Gasteiger partial charge in [0.15, 0.2) is 0 Å². The Morgan fingerprint density at radius 1 is 1.15 bits per heavy atom. The fourth-order valence-corrected chi connectivity index (χ4v) is 0.776. The minimum Gasteiger partial charge on any atom is -0.441 e. The minimum atomic E-state index is 0.00626. The molecule has 0 saturated heterocycles. The number of hydrogen-bond donors (Lipinski definition) is 0. The maximum Gasteiger partial charge on any atom is 0.131 e. The van der Waals surface area contributed by atoms with Crippen LogP contribution in [0.25, 0.3) is 0 Å². The maximum atomic E-state index is 5.42. The van der Waals surface area contributed by atoms with Crippen molar-refractivity contribution < 1.29 is 14.2 Å². The zero-order valence-corrected chi connectivity index (χ0v) is 8.79. The molecule has 0 saturated carbocycles. The fourth-order valence-electron chi connectivity index (χ4n) is 0.776. The quantitative estimate of drug-likeness (QED) is 0.587. The van der Waals surface area contributed by atoms with Crippen LogP contribution in [0.5, 0.6) is 0 Å². The van der Waals surface area contributed by atoms with E-state index in [1.807, 2.05) is 13.8 Å². The third kappa shape index (κ3) is 7.63. The Labute approximate surface area is 80.4 Å². The molecule has 76 valence electrons. The van der Waals surface area contributed by atoms with Crippen molar-refractivity contribution in [3.63, 3.8) is 0 Å². The highest BCUT2D eigenvalue weighted by Crippen LogP contribution is 1.96. The lowest BCUT2D eigenvalue weighted by atomic mass is 10.4. The van der Waals surface area contributed by atoms with Crippen LogP contribution in [0, 0.1) is 12.0 Å². The van der Waals surface area contributed by atoms with Crippen LogP contribution in [0.3, 0.4) is 0 Å². The van der Waals surface area contributed by atoms with E-state index in [2.05, 4.69) is 12.0 Å². The van der Waals surface area contributed by atoms with Gasteiger partial charge in [0, 0.05) is 14.0 Å². The minimum absolute atomic E-state index is 0.00626. The highest BCUT2D eigenvalue weighted by Gasteiger charge is 2.05. The maximum absolute atomic E-state index is 5.42. The van der Waals surface area contributed by atoms with Crippen molar-refractivity contribution in [1.29, 1.82) is 0 Å². The van der Waals surface area contributed by atoms with Gasteiger partial charge < -0.3 is 14.2 Å². The Bertz CT molecular complexity index is 169. The molecule has 0 fully saturated rings. The van der Waals surface area contributed by atoms with Crippen molar-refractivity contribution in [3.05, 3.63) is 0 Å². The van der Waals surface area contributed by atoms with Gasteiger partial charge in [-0.1, -0.05) is 5.92 Å². The van der Waals surface area contributed by atoms with Crippen molar-refractivity contribution in [1.82, 2.24) is 0 Å². The summed E-state index contributed by atoms with van der Waals surface area (Å²) in [6, 6.07) is 0. The van der Waals surface area contributed by atoms with Gasteiger partial charge in [0.25, 0.3) is 0 Å². The molecule has 0 spiro atoms. The van der Waals surface area contributed by atoms with Gasteiger partial charge in [0.1, 0.15) is 12.2 Å². The highest BCUT2D eigenvalue weighted by atomic mass is 16.5. The van der Waals surface area contributed by atoms with Crippen molar-refractivity contribution in [2.24, 2.45) is 0 Å². The van der Waals surface area contributed by atoms with Crippen LogP contribution >= 0.6 is 0 Å². The summed E-state index contributed by atoms with van der Waals surface area (Å²) >= 11 is 0. The summed E-state index contributed by atoms with van der Waals surface area (Å²) in [6.07, 6.45) is 2.65. The molecule has 3 heteroatoms. The molecule has 3 nitrogen and oxygen atoms in total. The second-order valence-electron chi connectivity index (χ2n) is 2.88. The molecule has 0 N–H and O–H groups in total. The molecule has 0 radical (unpaired) electrons. The number of ether oxygens (including phenoxy) is 3. The number of methoxy groups -OCH3 is 1. The predicted molar refractivity (Wildman–Crippen MR) is 51.3 cm³/mol. The summed E-state index contributed by atoms with van der Waals surface area (Å²) < 4.78 is 15.4. The van der Waals surface area contributed by atoms with Crippen LogP contribution in [0.1, 0.15) is 20.8 Å². The lowest BCUT2D eigenvalue weighted by molar-refractivity contribution is -0.0269. The first-order chi connectivity index (χ1) is 6.20. The molecule has 0 heterocycles. The lowest BCUT2D eigenvalue weighted by Gasteiger charge is -2.14. The van der Waals surface area contributed by atoms with Gasteiger partial charge in [-0.2, -0.15) is 0 Å². The van der Waals surface area contributed by atoms with Crippen LogP contribution in [0.4, 0.5) is 0 Å². The third-order valence-corrected chi connectivity index (χ3v) is 1.38. The van der Waals surface area contributed by atoms with Crippen molar-refractivity contribution in [2.75, 3.05) is 20.3 Å². The molecule has 0 aliphatic rings. The molecule has 0 aliphatic carbocycles. The van der Waals surface area contributed by atoms with Gasteiger partial charge >= 0.3 is 0 Å². The van der Waals surface area contributed by atoms with Crippen molar-refractivity contribution in [2.45, 2.75) is 33.0 Å². The van der Waals surface area contributed by atoms with E-state index in [1.165, 1.54) is 0 Å². The Morgan fingerprint density at radius 2 is 1.85 bits per heavy atom. The van der Waals surface area contributed by atoms with E-state index in [0.29, 0.717) is 13.2 Å². The monoisotopic (exact) mass is 186 g/mol. The zero-order chi connectivity index (χ0) is 10.1. The summed E-state index contributed by atoms with van der Waals surface area (Å²) in [6.45, 7) is 6.76. The average molecular weight is 186 g/mol. The molecule has 0 aromatic heterocycles. The second-order valence-corrected chi connectivity index (χ2v) is 2.88. The third-order valence-electron chi connectivity index (χ3n) is 1.38. The topological polar surface area (TPSA) is 27.7 Å². The second kappa shape index (κ2) is 7.90. The first-order valence-electron chi connectivity index (χ1n) is 4.38. The SMILES string of the molecule is CC#COC(C)COC(C)COC. The molecular weight excluding hydrogens is 168 g/mol. The van der Waals surface area contributed by atoms with E-state index in [0.717, 1.165) is 0 Å². The highest BCUT2D eigenvalue weighted by molar-refractivity contribution is 4.86. The lowest BCUT2D eigenvalue weighted by Crippen LogP contribution is -2.21. The number of hydrogen-bond acceptors (Lipinski definition) is 3. The summed E-state index contributed by atoms with van der Waals surface area (Å²) in [7, 11) is 1.66. The van der Waals surface area contributed by atoms with Gasteiger partial charge in [-0.15, -0.1) is 0 Å². The van der Waals surface area contributed by atoms with Crippen LogP contribution < -0.4 is 0 Å².